The maximum absolute atomic E-state index is 12.9. The second kappa shape index (κ2) is 6.34. The number of amidine groups is 1. The van der Waals surface area contributed by atoms with Gasteiger partial charge in [-0.15, -0.1) is 0 Å². The highest BCUT2D eigenvalue weighted by molar-refractivity contribution is 8.18. The number of amides is 1. The highest BCUT2D eigenvalue weighted by atomic mass is 35.5. The molecule has 3 rings (SSSR count). The predicted octanol–water partition coefficient (Wildman–Crippen LogP) is 4.37. The summed E-state index contributed by atoms with van der Waals surface area (Å²) < 4.78 is 12.9. The number of benzene rings is 2. The summed E-state index contributed by atoms with van der Waals surface area (Å²) in [5, 5.41) is 3.71. The molecular formula is C16H10ClFN2OS. The maximum Gasteiger partial charge on any atom is 0.264 e. The van der Waals surface area contributed by atoms with Gasteiger partial charge in [0.15, 0.2) is 5.17 Å². The summed E-state index contributed by atoms with van der Waals surface area (Å²) in [5.74, 6) is -0.558. The first-order valence-corrected chi connectivity index (χ1v) is 7.61. The number of thioether (sulfide) groups is 1. The van der Waals surface area contributed by atoms with Crippen LogP contribution in [0.1, 0.15) is 5.56 Å². The summed E-state index contributed by atoms with van der Waals surface area (Å²) in [6.07, 6.45) is 1.72. The van der Waals surface area contributed by atoms with E-state index >= 15 is 0 Å². The van der Waals surface area contributed by atoms with Gasteiger partial charge in [0.25, 0.3) is 5.91 Å². The normalized spacial score (nSPS) is 18.0. The van der Waals surface area contributed by atoms with Gasteiger partial charge in [-0.3, -0.25) is 4.79 Å². The van der Waals surface area contributed by atoms with Crippen molar-refractivity contribution in [2.75, 3.05) is 0 Å². The Morgan fingerprint density at radius 2 is 1.86 bits per heavy atom. The average molecular weight is 333 g/mol. The van der Waals surface area contributed by atoms with Crippen LogP contribution in [0.15, 0.2) is 58.4 Å². The van der Waals surface area contributed by atoms with Crippen LogP contribution in [0.3, 0.4) is 0 Å². The quantitative estimate of drug-likeness (QED) is 0.830. The monoisotopic (exact) mass is 332 g/mol. The Morgan fingerprint density at radius 3 is 2.59 bits per heavy atom. The number of nitrogens with zero attached hydrogens (tertiary/aromatic N) is 1. The molecule has 110 valence electrons. The molecule has 1 saturated heterocycles. The Labute approximate surface area is 135 Å². The lowest BCUT2D eigenvalue weighted by Gasteiger charge is -1.97. The Bertz CT molecular complexity index is 787. The maximum atomic E-state index is 12.9. The third-order valence-corrected chi connectivity index (χ3v) is 4.15. The first kappa shape index (κ1) is 14.8. The summed E-state index contributed by atoms with van der Waals surface area (Å²) in [6.45, 7) is 0. The molecule has 0 atom stereocenters. The van der Waals surface area contributed by atoms with Crippen LogP contribution in [0.25, 0.3) is 6.08 Å². The summed E-state index contributed by atoms with van der Waals surface area (Å²) in [4.78, 5) is 16.7. The molecule has 1 amide bonds. The van der Waals surface area contributed by atoms with Crippen molar-refractivity contribution >= 4 is 46.2 Å². The highest BCUT2D eigenvalue weighted by Gasteiger charge is 2.24. The Morgan fingerprint density at radius 1 is 1.14 bits per heavy atom. The van der Waals surface area contributed by atoms with E-state index in [2.05, 4.69) is 10.3 Å². The molecule has 1 N–H and O–H groups in total. The van der Waals surface area contributed by atoms with Crippen LogP contribution >= 0.6 is 23.4 Å². The Kier molecular flexibility index (Phi) is 4.27. The average Bonchev–Trinajstić information content (AvgIpc) is 2.84. The van der Waals surface area contributed by atoms with Crippen molar-refractivity contribution in [1.82, 2.24) is 5.32 Å². The number of rotatable bonds is 2. The third kappa shape index (κ3) is 3.37. The molecule has 0 aromatic heterocycles. The van der Waals surface area contributed by atoms with E-state index < -0.39 is 0 Å². The number of aliphatic imine (C=N–C) groups is 1. The lowest BCUT2D eigenvalue weighted by Crippen LogP contribution is -2.19. The van der Waals surface area contributed by atoms with Gasteiger partial charge in [-0.05, 0) is 53.7 Å². The fraction of sp³-hybridized carbons (Fsp3) is 0. The lowest BCUT2D eigenvalue weighted by molar-refractivity contribution is -0.115. The minimum Gasteiger partial charge on any atom is -0.300 e. The summed E-state index contributed by atoms with van der Waals surface area (Å²) in [5.41, 5.74) is 1.34. The van der Waals surface area contributed by atoms with Crippen molar-refractivity contribution < 1.29 is 9.18 Å². The van der Waals surface area contributed by atoms with Crippen LogP contribution in [0.5, 0.6) is 0 Å². The minimum absolute atomic E-state index is 0.231. The van der Waals surface area contributed by atoms with Crippen molar-refractivity contribution in [1.29, 1.82) is 0 Å². The molecule has 0 spiro atoms. The fourth-order valence-electron chi connectivity index (χ4n) is 1.85. The minimum atomic E-state index is -0.327. The van der Waals surface area contributed by atoms with Gasteiger partial charge in [0.2, 0.25) is 0 Å². The number of carbonyl (C=O) groups is 1. The smallest absolute Gasteiger partial charge is 0.264 e. The summed E-state index contributed by atoms with van der Waals surface area (Å²) in [7, 11) is 0. The molecule has 0 bridgehead atoms. The van der Waals surface area contributed by atoms with Crippen molar-refractivity contribution in [3.8, 4) is 0 Å². The highest BCUT2D eigenvalue weighted by Crippen LogP contribution is 2.29. The zero-order chi connectivity index (χ0) is 15.5. The van der Waals surface area contributed by atoms with Crippen molar-refractivity contribution in [3.05, 3.63) is 69.8 Å². The van der Waals surface area contributed by atoms with Crippen LogP contribution in [-0.2, 0) is 4.79 Å². The molecule has 0 saturated carbocycles. The van der Waals surface area contributed by atoms with Crippen LogP contribution in [0.2, 0.25) is 5.02 Å². The molecule has 22 heavy (non-hydrogen) atoms. The van der Waals surface area contributed by atoms with Crippen LogP contribution in [-0.4, -0.2) is 11.1 Å². The molecule has 6 heteroatoms. The fourth-order valence-corrected chi connectivity index (χ4v) is 2.87. The molecule has 0 unspecified atom stereocenters. The van der Waals surface area contributed by atoms with E-state index in [4.69, 9.17) is 11.6 Å². The predicted molar refractivity (Wildman–Crippen MR) is 88.7 cm³/mol. The lowest BCUT2D eigenvalue weighted by atomic mass is 10.2. The van der Waals surface area contributed by atoms with Gasteiger partial charge >= 0.3 is 0 Å². The van der Waals surface area contributed by atoms with Crippen molar-refractivity contribution in [2.45, 2.75) is 0 Å². The van der Waals surface area contributed by atoms with Gasteiger partial charge in [0.05, 0.1) is 10.6 Å². The van der Waals surface area contributed by atoms with Gasteiger partial charge in [-0.25, -0.2) is 9.38 Å². The molecule has 0 aliphatic carbocycles. The van der Waals surface area contributed by atoms with E-state index in [0.29, 0.717) is 20.8 Å². The largest absolute Gasteiger partial charge is 0.300 e. The zero-order valence-corrected chi connectivity index (χ0v) is 12.8. The first-order chi connectivity index (χ1) is 10.6. The molecule has 0 radical (unpaired) electrons. The number of hydrogen-bond acceptors (Lipinski definition) is 3. The van der Waals surface area contributed by atoms with E-state index in [1.807, 2.05) is 18.2 Å². The first-order valence-electron chi connectivity index (χ1n) is 6.41. The molecule has 1 heterocycles. The molecular weight excluding hydrogens is 323 g/mol. The van der Waals surface area contributed by atoms with Gasteiger partial charge in [-0.2, -0.15) is 0 Å². The van der Waals surface area contributed by atoms with Crippen molar-refractivity contribution in [2.24, 2.45) is 4.99 Å². The van der Waals surface area contributed by atoms with E-state index in [0.717, 1.165) is 5.56 Å². The van der Waals surface area contributed by atoms with Gasteiger partial charge in [-0.1, -0.05) is 29.8 Å². The molecule has 1 fully saturated rings. The second-order valence-electron chi connectivity index (χ2n) is 4.48. The standard InChI is InChI=1S/C16H10ClFN2OS/c17-13-4-2-1-3-10(13)9-14-15(21)20-16(22-14)19-12-7-5-11(18)6-8-12/h1-9H,(H,19,20,21). The summed E-state index contributed by atoms with van der Waals surface area (Å²) in [6, 6.07) is 13.0. The Balaban J connectivity index is 1.84. The number of carbonyl (C=O) groups excluding carboxylic acids is 1. The summed E-state index contributed by atoms with van der Waals surface area (Å²) >= 11 is 7.30. The van der Waals surface area contributed by atoms with Gasteiger partial charge in [0.1, 0.15) is 5.82 Å². The molecule has 2 aromatic carbocycles. The van der Waals surface area contributed by atoms with Gasteiger partial charge < -0.3 is 5.32 Å². The van der Waals surface area contributed by atoms with E-state index in [1.165, 1.54) is 23.9 Å². The van der Waals surface area contributed by atoms with Crippen LogP contribution in [0.4, 0.5) is 10.1 Å². The molecule has 1 aliphatic rings. The zero-order valence-electron chi connectivity index (χ0n) is 11.2. The van der Waals surface area contributed by atoms with E-state index in [9.17, 15) is 9.18 Å². The van der Waals surface area contributed by atoms with Crippen LogP contribution in [0, 0.1) is 5.82 Å². The third-order valence-electron chi connectivity index (χ3n) is 2.90. The number of hydrogen-bond donors (Lipinski definition) is 1. The SMILES string of the molecule is O=C1NC(=Nc2ccc(F)cc2)SC1=Cc1ccccc1Cl. The number of nitrogens with one attached hydrogen (secondary N) is 1. The topological polar surface area (TPSA) is 41.5 Å². The van der Waals surface area contributed by atoms with E-state index in [1.54, 1.807) is 24.3 Å². The molecule has 1 aliphatic heterocycles. The van der Waals surface area contributed by atoms with E-state index in [-0.39, 0.29) is 11.7 Å². The number of halogens is 2. The Hall–Kier alpha value is -2.11. The van der Waals surface area contributed by atoms with Crippen LogP contribution < -0.4 is 5.32 Å². The molecule has 3 nitrogen and oxygen atoms in total. The van der Waals surface area contributed by atoms with Gasteiger partial charge in [0, 0.05) is 5.02 Å². The second-order valence-corrected chi connectivity index (χ2v) is 5.92. The molecule has 2 aromatic rings. The van der Waals surface area contributed by atoms with Crippen molar-refractivity contribution in [3.63, 3.8) is 0 Å².